The van der Waals surface area contributed by atoms with Crippen molar-refractivity contribution in [2.45, 2.75) is 25.5 Å². The van der Waals surface area contributed by atoms with Crippen molar-refractivity contribution in [3.8, 4) is 0 Å². The first-order chi connectivity index (χ1) is 8.70. The topological polar surface area (TPSA) is 80.3 Å². The highest BCUT2D eigenvalue weighted by Crippen LogP contribution is 2.22. The van der Waals surface area contributed by atoms with Gasteiger partial charge in [-0.15, -0.1) is 0 Å². The molecule has 106 valence electrons. The molecule has 1 aromatic carbocycles. The molecule has 7 heteroatoms. The third kappa shape index (κ3) is 3.27. The van der Waals surface area contributed by atoms with Gasteiger partial charge < -0.3 is 0 Å². The highest BCUT2D eigenvalue weighted by Gasteiger charge is 2.37. The van der Waals surface area contributed by atoms with Crippen LogP contribution in [0.1, 0.15) is 17.5 Å². The maximum Gasteiger partial charge on any atom is 0.236 e. The van der Waals surface area contributed by atoms with Gasteiger partial charge in [-0.05, 0) is 43.5 Å². The van der Waals surface area contributed by atoms with E-state index in [1.165, 1.54) is 0 Å². The van der Waals surface area contributed by atoms with Gasteiger partial charge in [0, 0.05) is 5.69 Å². The monoisotopic (exact) mass is 303 g/mol. The average molecular weight is 303 g/mol. The van der Waals surface area contributed by atoms with E-state index < -0.39 is 25.1 Å². The highest BCUT2D eigenvalue weighted by molar-refractivity contribution is 7.97. The molecule has 1 aliphatic rings. The Kier molecular flexibility index (Phi) is 3.61. The second-order valence-electron chi connectivity index (χ2n) is 4.97. The van der Waals surface area contributed by atoms with E-state index in [2.05, 4.69) is 4.72 Å². The molecule has 0 unspecified atom stereocenters. The molecule has 2 rings (SSSR count). The number of nitrogens with one attached hydrogen (secondary N) is 1. The number of rotatable bonds is 3. The van der Waals surface area contributed by atoms with Crippen LogP contribution < -0.4 is 4.72 Å². The number of hydrogen-bond acceptors (Lipinski definition) is 4. The van der Waals surface area contributed by atoms with Gasteiger partial charge >= 0.3 is 0 Å². The van der Waals surface area contributed by atoms with Crippen molar-refractivity contribution in [3.05, 3.63) is 29.3 Å². The number of hydrogen-bond donors (Lipinski definition) is 1. The number of benzene rings is 1. The van der Waals surface area contributed by atoms with Gasteiger partial charge in [-0.1, -0.05) is 6.07 Å². The van der Waals surface area contributed by atoms with Crippen LogP contribution in [0.2, 0.25) is 0 Å². The maximum absolute atomic E-state index is 12.1. The van der Waals surface area contributed by atoms with Gasteiger partial charge in [-0.3, -0.25) is 4.72 Å². The zero-order valence-electron chi connectivity index (χ0n) is 10.9. The molecule has 1 aromatic rings. The summed E-state index contributed by atoms with van der Waals surface area (Å²) in [6.45, 7) is 3.84. The van der Waals surface area contributed by atoms with Gasteiger partial charge in [-0.25, -0.2) is 16.8 Å². The molecule has 1 N–H and O–H groups in total. The quantitative estimate of drug-likeness (QED) is 0.911. The van der Waals surface area contributed by atoms with E-state index in [0.717, 1.165) is 11.1 Å². The van der Waals surface area contributed by atoms with E-state index in [-0.39, 0.29) is 17.9 Å². The van der Waals surface area contributed by atoms with E-state index in [1.807, 2.05) is 19.9 Å². The molecule has 0 saturated carbocycles. The molecule has 19 heavy (non-hydrogen) atoms. The molecule has 0 radical (unpaired) electrons. The Morgan fingerprint density at radius 3 is 2.42 bits per heavy atom. The molecule has 0 bridgehead atoms. The van der Waals surface area contributed by atoms with Crippen molar-refractivity contribution >= 4 is 25.5 Å². The fourth-order valence-electron chi connectivity index (χ4n) is 2.06. The first-order valence-corrected chi connectivity index (χ1v) is 9.36. The zero-order valence-corrected chi connectivity index (χ0v) is 12.5. The summed E-state index contributed by atoms with van der Waals surface area (Å²) < 4.78 is 49.4. The second-order valence-corrected chi connectivity index (χ2v) is 9.16. The lowest BCUT2D eigenvalue weighted by Gasteiger charge is -2.13. The van der Waals surface area contributed by atoms with Crippen LogP contribution in [-0.4, -0.2) is 33.6 Å². The number of aryl methyl sites for hydroxylation is 2. The third-order valence-electron chi connectivity index (χ3n) is 3.40. The summed E-state index contributed by atoms with van der Waals surface area (Å²) in [6, 6.07) is 5.26. The summed E-state index contributed by atoms with van der Waals surface area (Å²) in [6.07, 6.45) is 0.169. The molecule has 1 fully saturated rings. The van der Waals surface area contributed by atoms with Crippen molar-refractivity contribution in [3.63, 3.8) is 0 Å². The van der Waals surface area contributed by atoms with Crippen molar-refractivity contribution in [2.75, 3.05) is 16.2 Å². The van der Waals surface area contributed by atoms with E-state index in [4.69, 9.17) is 0 Å². The maximum atomic E-state index is 12.1. The fourth-order valence-corrected chi connectivity index (χ4v) is 6.14. The van der Waals surface area contributed by atoms with Gasteiger partial charge in [0.15, 0.2) is 9.84 Å². The molecule has 0 aliphatic carbocycles. The first-order valence-electron chi connectivity index (χ1n) is 5.99. The second kappa shape index (κ2) is 4.79. The SMILES string of the molecule is Cc1ccc(NS(=O)(=O)[C@H]2CCS(=O)(=O)C2)cc1C. The standard InChI is InChI=1S/C12H17NO4S2/c1-9-3-4-11(7-10(9)2)13-19(16,17)12-5-6-18(14,15)8-12/h3-4,7,12-13H,5-6,8H2,1-2H3/t12-/m0/s1. The summed E-state index contributed by atoms with van der Waals surface area (Å²) in [7, 11) is -6.85. The van der Waals surface area contributed by atoms with Crippen LogP contribution in [0, 0.1) is 13.8 Å². The molecule has 1 atom stereocenters. The zero-order chi connectivity index (χ0) is 14.3. The normalized spacial score (nSPS) is 22.3. The Labute approximate surface area is 114 Å². The predicted octanol–water partition coefficient (Wildman–Crippen LogP) is 1.23. The van der Waals surface area contributed by atoms with E-state index in [9.17, 15) is 16.8 Å². The molecular formula is C12H17NO4S2. The average Bonchev–Trinajstić information content (AvgIpc) is 2.65. The molecule has 1 saturated heterocycles. The predicted molar refractivity (Wildman–Crippen MR) is 75.5 cm³/mol. The van der Waals surface area contributed by atoms with Gasteiger partial charge in [0.2, 0.25) is 10.0 Å². The molecule has 0 amide bonds. The Morgan fingerprint density at radius 1 is 1.21 bits per heavy atom. The van der Waals surface area contributed by atoms with E-state index in [0.29, 0.717) is 5.69 Å². The van der Waals surface area contributed by atoms with Crippen LogP contribution in [0.25, 0.3) is 0 Å². The minimum atomic E-state index is -3.64. The Balaban J connectivity index is 2.20. The minimum absolute atomic E-state index is 0.0501. The van der Waals surface area contributed by atoms with E-state index >= 15 is 0 Å². The minimum Gasteiger partial charge on any atom is -0.283 e. The van der Waals surface area contributed by atoms with Crippen LogP contribution in [0.3, 0.4) is 0 Å². The fraction of sp³-hybridized carbons (Fsp3) is 0.500. The van der Waals surface area contributed by atoms with Crippen molar-refractivity contribution in [2.24, 2.45) is 0 Å². The van der Waals surface area contributed by atoms with Crippen LogP contribution in [0.4, 0.5) is 5.69 Å². The van der Waals surface area contributed by atoms with Crippen molar-refractivity contribution < 1.29 is 16.8 Å². The van der Waals surface area contributed by atoms with Crippen LogP contribution in [-0.2, 0) is 19.9 Å². The van der Waals surface area contributed by atoms with E-state index in [1.54, 1.807) is 12.1 Å². The summed E-state index contributed by atoms with van der Waals surface area (Å²) in [5.74, 6) is -0.335. The van der Waals surface area contributed by atoms with Gasteiger partial charge in [0.05, 0.1) is 16.8 Å². The lowest BCUT2D eigenvalue weighted by Crippen LogP contribution is -2.28. The molecular weight excluding hydrogens is 286 g/mol. The van der Waals surface area contributed by atoms with Gasteiger partial charge in [-0.2, -0.15) is 0 Å². The number of sulfonamides is 1. The lowest BCUT2D eigenvalue weighted by atomic mass is 10.1. The first kappa shape index (κ1) is 14.3. The van der Waals surface area contributed by atoms with Gasteiger partial charge in [0.25, 0.3) is 0 Å². The van der Waals surface area contributed by atoms with Crippen LogP contribution in [0.5, 0.6) is 0 Å². The summed E-state index contributed by atoms with van der Waals surface area (Å²) in [5, 5.41) is -0.848. The smallest absolute Gasteiger partial charge is 0.236 e. The Morgan fingerprint density at radius 2 is 1.89 bits per heavy atom. The summed E-state index contributed by atoms with van der Waals surface area (Å²) >= 11 is 0. The van der Waals surface area contributed by atoms with Gasteiger partial charge in [0.1, 0.15) is 0 Å². The van der Waals surface area contributed by atoms with Crippen LogP contribution in [0.15, 0.2) is 18.2 Å². The van der Waals surface area contributed by atoms with Crippen LogP contribution >= 0.6 is 0 Å². The molecule has 1 heterocycles. The van der Waals surface area contributed by atoms with Crippen molar-refractivity contribution in [1.29, 1.82) is 0 Å². The molecule has 5 nitrogen and oxygen atoms in total. The molecule has 0 spiro atoms. The number of sulfone groups is 1. The molecule has 0 aromatic heterocycles. The largest absolute Gasteiger partial charge is 0.283 e. The third-order valence-corrected chi connectivity index (χ3v) is 7.18. The molecule has 1 aliphatic heterocycles. The lowest BCUT2D eigenvalue weighted by molar-refractivity contribution is 0.587. The summed E-state index contributed by atoms with van der Waals surface area (Å²) in [4.78, 5) is 0. The Hall–Kier alpha value is -1.08. The number of anilines is 1. The van der Waals surface area contributed by atoms with Crippen molar-refractivity contribution in [1.82, 2.24) is 0 Å². The Bertz CT molecular complexity index is 692. The summed E-state index contributed by atoms with van der Waals surface area (Å²) in [5.41, 5.74) is 2.54. The highest BCUT2D eigenvalue weighted by atomic mass is 32.2.